The number of rotatable bonds is 6. The zero-order valence-electron chi connectivity index (χ0n) is 11.5. The summed E-state index contributed by atoms with van der Waals surface area (Å²) in [6.07, 6.45) is 0.991. The van der Waals surface area contributed by atoms with Gasteiger partial charge < -0.3 is 10.5 Å². The van der Waals surface area contributed by atoms with E-state index in [1.165, 1.54) is 4.88 Å². The molecular weight excluding hydrogens is 232 g/mol. The van der Waals surface area contributed by atoms with Gasteiger partial charge in [-0.15, -0.1) is 11.3 Å². The van der Waals surface area contributed by atoms with Crippen LogP contribution in [-0.2, 0) is 23.3 Å². The molecule has 0 aliphatic heterocycles. The molecule has 0 saturated carbocycles. The number of aromatic nitrogens is 1. The van der Waals surface area contributed by atoms with E-state index < -0.39 is 0 Å². The van der Waals surface area contributed by atoms with Crippen LogP contribution in [-0.4, -0.2) is 11.6 Å². The molecule has 0 aromatic carbocycles. The molecule has 0 aliphatic rings. The first-order valence-corrected chi connectivity index (χ1v) is 7.05. The molecular formula is C13H24N2OS. The zero-order valence-corrected chi connectivity index (χ0v) is 12.4. The minimum Gasteiger partial charge on any atom is -0.369 e. The Bertz CT molecular complexity index is 358. The Hall–Kier alpha value is -0.450. The van der Waals surface area contributed by atoms with Crippen LogP contribution in [0.1, 0.15) is 50.2 Å². The lowest BCUT2D eigenvalue weighted by atomic mass is 10.1. The van der Waals surface area contributed by atoms with Crippen LogP contribution in [0.3, 0.4) is 0 Å². The molecule has 1 aromatic rings. The van der Waals surface area contributed by atoms with Crippen molar-refractivity contribution < 1.29 is 4.74 Å². The van der Waals surface area contributed by atoms with Gasteiger partial charge in [0, 0.05) is 18.0 Å². The Balaban J connectivity index is 2.99. The molecule has 0 fully saturated rings. The summed E-state index contributed by atoms with van der Waals surface area (Å²) < 4.78 is 5.74. The van der Waals surface area contributed by atoms with E-state index in [0.29, 0.717) is 19.1 Å². The number of nitrogens with zero attached hydrogens (tertiary/aromatic N) is 1. The van der Waals surface area contributed by atoms with Gasteiger partial charge in [0.15, 0.2) is 0 Å². The van der Waals surface area contributed by atoms with Crippen LogP contribution < -0.4 is 5.73 Å². The van der Waals surface area contributed by atoms with E-state index in [2.05, 4.69) is 27.7 Å². The highest BCUT2D eigenvalue weighted by atomic mass is 32.1. The average Bonchev–Trinajstić information content (AvgIpc) is 2.60. The molecule has 2 N–H and O–H groups in total. The highest BCUT2D eigenvalue weighted by molar-refractivity contribution is 7.11. The van der Waals surface area contributed by atoms with Crippen LogP contribution >= 0.6 is 11.3 Å². The summed E-state index contributed by atoms with van der Waals surface area (Å²) in [6.45, 7) is 11.8. The van der Waals surface area contributed by atoms with Crippen LogP contribution in [0.2, 0.25) is 0 Å². The second kappa shape index (κ2) is 5.94. The maximum absolute atomic E-state index is 5.79. The molecule has 1 heterocycles. The second-order valence-corrected chi connectivity index (χ2v) is 6.22. The molecule has 17 heavy (non-hydrogen) atoms. The summed E-state index contributed by atoms with van der Waals surface area (Å²) in [5.74, 6) is 0.602. The number of hydrogen-bond donors (Lipinski definition) is 1. The van der Waals surface area contributed by atoms with Crippen molar-refractivity contribution in [1.82, 2.24) is 4.98 Å². The largest absolute Gasteiger partial charge is 0.369 e. The van der Waals surface area contributed by atoms with E-state index in [0.717, 1.165) is 17.1 Å². The third-order valence-electron chi connectivity index (χ3n) is 2.59. The van der Waals surface area contributed by atoms with Gasteiger partial charge in [-0.05, 0) is 33.1 Å². The number of nitrogens with two attached hydrogens (primary N) is 1. The van der Waals surface area contributed by atoms with Crippen LogP contribution in [0, 0.1) is 5.92 Å². The second-order valence-electron chi connectivity index (χ2n) is 5.13. The quantitative estimate of drug-likeness (QED) is 0.851. The van der Waals surface area contributed by atoms with Gasteiger partial charge in [0.05, 0.1) is 5.69 Å². The molecule has 1 rings (SSSR count). The smallest absolute Gasteiger partial charge is 0.125 e. The van der Waals surface area contributed by atoms with Gasteiger partial charge in [-0.3, -0.25) is 0 Å². The molecule has 4 heteroatoms. The minimum atomic E-state index is -0.307. The highest BCUT2D eigenvalue weighted by Crippen LogP contribution is 2.31. The van der Waals surface area contributed by atoms with E-state index in [9.17, 15) is 0 Å². The molecule has 1 aromatic heterocycles. The summed E-state index contributed by atoms with van der Waals surface area (Å²) in [5, 5.41) is 1.04. The summed E-state index contributed by atoms with van der Waals surface area (Å²) in [7, 11) is 0. The van der Waals surface area contributed by atoms with E-state index >= 15 is 0 Å². The van der Waals surface area contributed by atoms with Crippen molar-refractivity contribution in [2.75, 3.05) is 6.61 Å². The van der Waals surface area contributed by atoms with Gasteiger partial charge in [0.1, 0.15) is 10.6 Å². The maximum atomic E-state index is 5.79. The third kappa shape index (κ3) is 3.76. The summed E-state index contributed by atoms with van der Waals surface area (Å²) >= 11 is 1.69. The van der Waals surface area contributed by atoms with E-state index in [-0.39, 0.29) is 5.60 Å². The summed E-state index contributed by atoms with van der Waals surface area (Å²) in [4.78, 5) is 5.92. The molecule has 0 amide bonds. The van der Waals surface area contributed by atoms with Crippen molar-refractivity contribution in [1.29, 1.82) is 0 Å². The van der Waals surface area contributed by atoms with Crippen LogP contribution in [0.4, 0.5) is 0 Å². The normalized spacial score (nSPS) is 12.4. The third-order valence-corrected chi connectivity index (χ3v) is 4.01. The number of thiazole rings is 1. The van der Waals surface area contributed by atoms with Crippen LogP contribution in [0.15, 0.2) is 0 Å². The fraction of sp³-hybridized carbons (Fsp3) is 0.769. The van der Waals surface area contributed by atoms with E-state index in [1.54, 1.807) is 11.3 Å². The average molecular weight is 256 g/mol. The fourth-order valence-corrected chi connectivity index (χ4v) is 2.79. The Kier molecular flexibility index (Phi) is 5.10. The maximum Gasteiger partial charge on any atom is 0.125 e. The Labute approximate surface area is 108 Å². The Morgan fingerprint density at radius 2 is 2.06 bits per heavy atom. The molecule has 3 nitrogen and oxygen atoms in total. The molecule has 98 valence electrons. The van der Waals surface area contributed by atoms with Gasteiger partial charge in [-0.2, -0.15) is 0 Å². The molecule has 0 aliphatic carbocycles. The molecule has 0 unspecified atom stereocenters. The topological polar surface area (TPSA) is 48.1 Å². The van der Waals surface area contributed by atoms with Crippen molar-refractivity contribution in [3.8, 4) is 0 Å². The summed E-state index contributed by atoms with van der Waals surface area (Å²) in [5.41, 5.74) is 6.63. The van der Waals surface area contributed by atoms with Crippen LogP contribution in [0.5, 0.6) is 0 Å². The summed E-state index contributed by atoms with van der Waals surface area (Å²) in [6, 6.07) is 0. The van der Waals surface area contributed by atoms with Crippen molar-refractivity contribution in [2.24, 2.45) is 11.7 Å². The predicted octanol–water partition coefficient (Wildman–Crippen LogP) is 3.07. The van der Waals surface area contributed by atoms with Gasteiger partial charge in [-0.1, -0.05) is 13.8 Å². The molecule has 0 atom stereocenters. The molecule has 0 radical (unpaired) electrons. The highest BCUT2D eigenvalue weighted by Gasteiger charge is 2.26. The molecule has 0 bridgehead atoms. The lowest BCUT2D eigenvalue weighted by molar-refractivity contribution is -0.0142. The fourth-order valence-electron chi connectivity index (χ4n) is 1.77. The molecule has 0 spiro atoms. The molecule has 0 saturated heterocycles. The zero-order chi connectivity index (χ0) is 13.1. The number of hydrogen-bond acceptors (Lipinski definition) is 4. The van der Waals surface area contributed by atoms with Gasteiger partial charge in [0.2, 0.25) is 0 Å². The standard InChI is InChI=1S/C13H24N2OS/c1-6-16-13(4,5)12-15-10(7-9(2)3)11(8-14)17-12/h9H,6-8,14H2,1-5H3. The van der Waals surface area contributed by atoms with Crippen molar-refractivity contribution >= 4 is 11.3 Å². The first-order valence-electron chi connectivity index (χ1n) is 6.23. The van der Waals surface area contributed by atoms with E-state index in [4.69, 9.17) is 15.5 Å². The first-order chi connectivity index (χ1) is 7.90. The Morgan fingerprint density at radius 3 is 2.53 bits per heavy atom. The van der Waals surface area contributed by atoms with Gasteiger partial charge >= 0.3 is 0 Å². The van der Waals surface area contributed by atoms with E-state index in [1.807, 2.05) is 6.92 Å². The lowest BCUT2D eigenvalue weighted by Gasteiger charge is -2.21. The van der Waals surface area contributed by atoms with Crippen LogP contribution in [0.25, 0.3) is 0 Å². The van der Waals surface area contributed by atoms with Gasteiger partial charge in [0.25, 0.3) is 0 Å². The SMILES string of the molecule is CCOC(C)(C)c1nc(CC(C)C)c(CN)s1. The predicted molar refractivity (Wildman–Crippen MR) is 73.2 cm³/mol. The van der Waals surface area contributed by atoms with Crippen molar-refractivity contribution in [3.63, 3.8) is 0 Å². The van der Waals surface area contributed by atoms with Gasteiger partial charge in [-0.25, -0.2) is 4.98 Å². The Morgan fingerprint density at radius 1 is 1.41 bits per heavy atom. The monoisotopic (exact) mass is 256 g/mol. The number of ether oxygens (including phenoxy) is 1. The first kappa shape index (κ1) is 14.6. The minimum absolute atomic E-state index is 0.307. The lowest BCUT2D eigenvalue weighted by Crippen LogP contribution is -2.21. The van der Waals surface area contributed by atoms with Crippen molar-refractivity contribution in [2.45, 2.75) is 53.2 Å². The van der Waals surface area contributed by atoms with Crippen molar-refractivity contribution in [3.05, 3.63) is 15.6 Å².